The summed E-state index contributed by atoms with van der Waals surface area (Å²) in [5.41, 5.74) is 6.17. The molecule has 220 valence electrons. The van der Waals surface area contributed by atoms with Gasteiger partial charge >= 0.3 is 0 Å². The molecule has 0 saturated carbocycles. The first kappa shape index (κ1) is 30.4. The number of hydrogen-bond donors (Lipinski definition) is 0. The lowest BCUT2D eigenvalue weighted by Crippen LogP contribution is -2.25. The summed E-state index contributed by atoms with van der Waals surface area (Å²) >= 11 is 1.64. The minimum absolute atomic E-state index is 0.0540. The normalized spacial score (nSPS) is 15.6. The first-order valence-electron chi connectivity index (χ1n) is 14.9. The van der Waals surface area contributed by atoms with Crippen molar-refractivity contribution in [3.8, 4) is 18.2 Å². The van der Waals surface area contributed by atoms with Gasteiger partial charge in [0.2, 0.25) is 0 Å². The van der Waals surface area contributed by atoms with Gasteiger partial charge in [-0.2, -0.15) is 15.8 Å². The van der Waals surface area contributed by atoms with E-state index in [1.807, 2.05) is 44.2 Å². The third-order valence-corrected chi connectivity index (χ3v) is 9.09. The number of hydrogen-bond acceptors (Lipinski definition) is 7. The fraction of sp³-hybridized carbons (Fsp3) is 0.270. The first-order chi connectivity index (χ1) is 21.3. The SMILES string of the molecule is CCN(CC)c1ccc(N2CCCc3cc(/C=C/c4ccc(/C=C/C5=C(C#N)C(=C(C#N)C#N)OC5(C)C)s4)ccc32)cc1. The molecule has 1 aromatic heterocycles. The van der Waals surface area contributed by atoms with Crippen molar-refractivity contribution in [3.63, 3.8) is 0 Å². The van der Waals surface area contributed by atoms with Gasteiger partial charge < -0.3 is 14.5 Å². The molecule has 2 aliphatic heterocycles. The highest BCUT2D eigenvalue weighted by Gasteiger charge is 2.38. The molecule has 0 unspecified atom stereocenters. The van der Waals surface area contributed by atoms with Crippen molar-refractivity contribution in [3.05, 3.63) is 104 Å². The van der Waals surface area contributed by atoms with Crippen molar-refractivity contribution in [2.45, 2.75) is 46.1 Å². The molecule has 0 amide bonds. The third kappa shape index (κ3) is 6.18. The molecule has 2 aliphatic rings. The van der Waals surface area contributed by atoms with Gasteiger partial charge in [0.1, 0.15) is 29.4 Å². The van der Waals surface area contributed by atoms with Gasteiger partial charge in [-0.25, -0.2) is 0 Å². The highest BCUT2D eigenvalue weighted by molar-refractivity contribution is 7.13. The molecule has 0 aliphatic carbocycles. The molecule has 3 heterocycles. The molecule has 44 heavy (non-hydrogen) atoms. The Kier molecular flexibility index (Phi) is 9.05. The second-order valence-electron chi connectivity index (χ2n) is 11.2. The number of aryl methyl sites for hydroxylation is 1. The van der Waals surface area contributed by atoms with Crippen LogP contribution in [0.25, 0.3) is 18.2 Å². The predicted octanol–water partition coefficient (Wildman–Crippen LogP) is 8.79. The zero-order chi connectivity index (χ0) is 31.3. The van der Waals surface area contributed by atoms with Crippen LogP contribution >= 0.6 is 11.3 Å². The van der Waals surface area contributed by atoms with E-state index in [0.717, 1.165) is 42.2 Å². The number of nitriles is 3. The number of anilines is 3. The van der Waals surface area contributed by atoms with Gasteiger partial charge in [-0.1, -0.05) is 18.2 Å². The van der Waals surface area contributed by atoms with Crippen LogP contribution in [0.3, 0.4) is 0 Å². The monoisotopic (exact) mass is 597 g/mol. The van der Waals surface area contributed by atoms with Crippen LogP contribution in [-0.2, 0) is 11.2 Å². The van der Waals surface area contributed by atoms with E-state index in [2.05, 4.69) is 90.4 Å². The van der Waals surface area contributed by atoms with E-state index in [1.54, 1.807) is 11.3 Å². The van der Waals surface area contributed by atoms with Crippen LogP contribution in [0.2, 0.25) is 0 Å². The van der Waals surface area contributed by atoms with Crippen molar-refractivity contribution in [2.75, 3.05) is 29.4 Å². The van der Waals surface area contributed by atoms with Crippen molar-refractivity contribution >= 4 is 46.6 Å². The Morgan fingerprint density at radius 2 is 1.61 bits per heavy atom. The van der Waals surface area contributed by atoms with Gasteiger partial charge in [0.05, 0.1) is 0 Å². The third-order valence-electron chi connectivity index (χ3n) is 8.08. The van der Waals surface area contributed by atoms with Crippen LogP contribution in [0.4, 0.5) is 17.1 Å². The number of benzene rings is 2. The molecule has 0 spiro atoms. The molecule has 0 atom stereocenters. The Hall–Kier alpha value is -5.03. The van der Waals surface area contributed by atoms with Crippen molar-refractivity contribution in [1.29, 1.82) is 15.8 Å². The lowest BCUT2D eigenvalue weighted by atomic mass is 9.94. The number of nitrogens with zero attached hydrogens (tertiary/aromatic N) is 5. The Morgan fingerprint density at radius 1 is 0.932 bits per heavy atom. The second kappa shape index (κ2) is 13.1. The van der Waals surface area contributed by atoms with Gasteiger partial charge in [0, 0.05) is 52.0 Å². The lowest BCUT2D eigenvalue weighted by molar-refractivity contribution is 0.0954. The number of ether oxygens (including phenoxy) is 1. The van der Waals surface area contributed by atoms with Crippen molar-refractivity contribution in [1.82, 2.24) is 0 Å². The van der Waals surface area contributed by atoms with E-state index < -0.39 is 5.60 Å². The van der Waals surface area contributed by atoms with Gasteiger partial charge in [0.25, 0.3) is 0 Å². The van der Waals surface area contributed by atoms with Crippen molar-refractivity contribution in [2.24, 2.45) is 0 Å². The van der Waals surface area contributed by atoms with E-state index in [4.69, 9.17) is 4.74 Å². The summed E-state index contributed by atoms with van der Waals surface area (Å²) in [5.74, 6) is 0.0540. The van der Waals surface area contributed by atoms with Gasteiger partial charge in [-0.05, 0) is 112 Å². The molecular formula is C37H35N5OS. The Morgan fingerprint density at radius 3 is 2.25 bits per heavy atom. The van der Waals surface area contributed by atoms with Gasteiger partial charge in [-0.15, -0.1) is 11.3 Å². The Balaban J connectivity index is 1.31. The molecule has 0 N–H and O–H groups in total. The lowest BCUT2D eigenvalue weighted by Gasteiger charge is -2.32. The maximum absolute atomic E-state index is 9.76. The van der Waals surface area contributed by atoms with E-state index in [1.165, 1.54) is 28.2 Å². The molecule has 0 bridgehead atoms. The molecule has 0 radical (unpaired) electrons. The zero-order valence-corrected chi connectivity index (χ0v) is 26.4. The summed E-state index contributed by atoms with van der Waals surface area (Å²) < 4.78 is 5.86. The van der Waals surface area contributed by atoms with Crippen LogP contribution in [0.1, 0.15) is 55.0 Å². The average Bonchev–Trinajstić information content (AvgIpc) is 3.60. The van der Waals surface area contributed by atoms with E-state index in [9.17, 15) is 15.8 Å². The predicted molar refractivity (Wildman–Crippen MR) is 180 cm³/mol. The summed E-state index contributed by atoms with van der Waals surface area (Å²) in [6, 6.07) is 25.6. The zero-order valence-electron chi connectivity index (χ0n) is 25.6. The molecule has 2 aromatic carbocycles. The Bertz CT molecular complexity index is 1780. The topological polar surface area (TPSA) is 87.1 Å². The number of allylic oxidation sites excluding steroid dienone is 2. The smallest absolute Gasteiger partial charge is 0.172 e. The summed E-state index contributed by atoms with van der Waals surface area (Å²) in [7, 11) is 0. The number of thiophene rings is 1. The minimum atomic E-state index is -0.827. The van der Waals surface area contributed by atoms with E-state index in [-0.39, 0.29) is 16.9 Å². The van der Waals surface area contributed by atoms with E-state index in [0.29, 0.717) is 5.57 Å². The highest BCUT2D eigenvalue weighted by Crippen LogP contribution is 2.41. The summed E-state index contributed by atoms with van der Waals surface area (Å²) in [4.78, 5) is 6.94. The van der Waals surface area contributed by atoms with Crippen LogP contribution in [0.5, 0.6) is 0 Å². The number of fused-ring (bicyclic) bond motifs is 1. The maximum Gasteiger partial charge on any atom is 0.172 e. The first-order valence-corrected chi connectivity index (χ1v) is 15.7. The van der Waals surface area contributed by atoms with Crippen LogP contribution in [-0.4, -0.2) is 25.2 Å². The van der Waals surface area contributed by atoms with Crippen LogP contribution in [0.15, 0.2) is 83.2 Å². The fourth-order valence-electron chi connectivity index (χ4n) is 5.79. The standard InChI is InChI=1S/C37H35N5OS/c1-5-41(6-2)29-11-13-30(14-12-29)42-21-7-8-27-22-26(10-20-35(27)42)9-15-31-16-17-32(44-31)18-19-34-33(25-40)36(28(23-38)24-39)43-37(34,3)4/h9-20,22H,5-8,21H2,1-4H3/b15-9+,19-18+. The summed E-state index contributed by atoms with van der Waals surface area (Å²) in [6.45, 7) is 11.1. The Labute approximate surface area is 264 Å². The van der Waals surface area contributed by atoms with Crippen LogP contribution < -0.4 is 9.80 Å². The van der Waals surface area contributed by atoms with E-state index >= 15 is 0 Å². The van der Waals surface area contributed by atoms with Gasteiger partial charge in [-0.3, -0.25) is 0 Å². The molecule has 6 nitrogen and oxygen atoms in total. The molecule has 0 fully saturated rings. The van der Waals surface area contributed by atoms with Crippen molar-refractivity contribution < 1.29 is 4.74 Å². The fourth-order valence-corrected chi connectivity index (χ4v) is 6.61. The molecule has 3 aromatic rings. The molecule has 5 rings (SSSR count). The molecule has 7 heteroatoms. The minimum Gasteiger partial charge on any atom is -0.480 e. The summed E-state index contributed by atoms with van der Waals surface area (Å²) in [5, 5.41) is 28.3. The second-order valence-corrected chi connectivity index (χ2v) is 12.3. The number of rotatable bonds is 8. The highest BCUT2D eigenvalue weighted by atomic mass is 32.1. The average molecular weight is 598 g/mol. The quantitative estimate of drug-likeness (QED) is 0.241. The molecule has 0 saturated heterocycles. The van der Waals surface area contributed by atoms with Gasteiger partial charge in [0.15, 0.2) is 11.3 Å². The maximum atomic E-state index is 9.76. The van der Waals surface area contributed by atoms with Crippen LogP contribution in [0, 0.1) is 34.0 Å². The molecular weight excluding hydrogens is 563 g/mol. The summed E-state index contributed by atoms with van der Waals surface area (Å²) in [6.07, 6.45) is 10.3. The largest absolute Gasteiger partial charge is 0.480 e.